The Kier molecular flexibility index (Phi) is 6.91. The molecule has 0 spiro atoms. The fourth-order valence-corrected chi connectivity index (χ4v) is 3.81. The summed E-state index contributed by atoms with van der Waals surface area (Å²) in [7, 11) is 0. The van der Waals surface area contributed by atoms with Gasteiger partial charge in [-0.05, 0) is 48.2 Å². The summed E-state index contributed by atoms with van der Waals surface area (Å²) >= 11 is 7.61. The summed E-state index contributed by atoms with van der Waals surface area (Å²) in [6.07, 6.45) is 0.831. The van der Waals surface area contributed by atoms with E-state index in [0.717, 1.165) is 12.0 Å². The van der Waals surface area contributed by atoms with Crippen LogP contribution in [0.4, 0.5) is 0 Å². The third-order valence-electron chi connectivity index (χ3n) is 4.30. The van der Waals surface area contributed by atoms with E-state index in [-0.39, 0.29) is 18.6 Å². The number of nitrogens with zero attached hydrogens (tertiary/aromatic N) is 1. The lowest BCUT2D eigenvalue weighted by molar-refractivity contribution is -0.136. The molecule has 1 aromatic heterocycles. The highest BCUT2D eigenvalue weighted by Gasteiger charge is 2.21. The van der Waals surface area contributed by atoms with Crippen LogP contribution in [-0.4, -0.2) is 23.5 Å². The summed E-state index contributed by atoms with van der Waals surface area (Å²) in [5.41, 5.74) is 1.11. The third-order valence-corrected chi connectivity index (χ3v) is 5.45. The van der Waals surface area contributed by atoms with E-state index in [4.69, 9.17) is 16.3 Å². The van der Waals surface area contributed by atoms with Crippen molar-refractivity contribution >= 4 is 28.8 Å². The maximum atomic E-state index is 12.9. The van der Waals surface area contributed by atoms with Gasteiger partial charge in [-0.25, -0.2) is 0 Å². The molecule has 0 unspecified atom stereocenters. The number of thiophene rings is 1. The lowest BCUT2D eigenvalue weighted by Gasteiger charge is -2.29. The topological polar surface area (TPSA) is 29.5 Å². The Hall–Kier alpha value is -2.30. The van der Waals surface area contributed by atoms with Crippen LogP contribution in [0.15, 0.2) is 72.1 Å². The molecule has 1 amide bonds. The highest BCUT2D eigenvalue weighted by molar-refractivity contribution is 7.09. The van der Waals surface area contributed by atoms with Crippen LogP contribution < -0.4 is 4.74 Å². The summed E-state index contributed by atoms with van der Waals surface area (Å²) in [4.78, 5) is 16.1. The Morgan fingerprint density at radius 3 is 2.48 bits per heavy atom. The Morgan fingerprint density at radius 2 is 1.81 bits per heavy atom. The molecule has 140 valence electrons. The molecule has 5 heteroatoms. The number of hydrogen-bond donors (Lipinski definition) is 0. The van der Waals surface area contributed by atoms with E-state index in [9.17, 15) is 4.79 Å². The monoisotopic (exact) mass is 399 g/mol. The number of ether oxygens (including phenoxy) is 1. The molecule has 0 N–H and O–H groups in total. The molecule has 0 radical (unpaired) electrons. The zero-order valence-electron chi connectivity index (χ0n) is 15.2. The lowest BCUT2D eigenvalue weighted by Crippen LogP contribution is -2.41. The van der Waals surface area contributed by atoms with Gasteiger partial charge in [0.2, 0.25) is 0 Å². The molecular formula is C22H22ClNO2S. The van der Waals surface area contributed by atoms with Crippen molar-refractivity contribution in [2.24, 2.45) is 0 Å². The average molecular weight is 400 g/mol. The standard InChI is InChI=1S/C22H22ClNO2S/c1-17(14-21-8-5-13-27-21)24(15-18-6-3-2-4-7-18)22(25)16-26-20-11-9-19(23)10-12-20/h2-13,17H,14-16H2,1H3/t17-/m1/s1. The van der Waals surface area contributed by atoms with Crippen LogP contribution in [0.3, 0.4) is 0 Å². The van der Waals surface area contributed by atoms with Crippen molar-refractivity contribution in [1.29, 1.82) is 0 Å². The normalized spacial score (nSPS) is 11.8. The molecule has 0 aliphatic carbocycles. The molecule has 27 heavy (non-hydrogen) atoms. The van der Waals surface area contributed by atoms with Crippen molar-refractivity contribution in [1.82, 2.24) is 4.90 Å². The van der Waals surface area contributed by atoms with Gasteiger partial charge in [-0.1, -0.05) is 48.0 Å². The maximum absolute atomic E-state index is 12.9. The summed E-state index contributed by atoms with van der Waals surface area (Å²) in [6, 6.07) is 21.3. The van der Waals surface area contributed by atoms with Crippen molar-refractivity contribution < 1.29 is 9.53 Å². The highest BCUT2D eigenvalue weighted by atomic mass is 35.5. The van der Waals surface area contributed by atoms with E-state index in [0.29, 0.717) is 17.3 Å². The van der Waals surface area contributed by atoms with Crippen molar-refractivity contribution in [3.8, 4) is 5.75 Å². The smallest absolute Gasteiger partial charge is 0.261 e. The fourth-order valence-electron chi connectivity index (χ4n) is 2.86. The SMILES string of the molecule is C[C@H](Cc1cccs1)N(Cc1ccccc1)C(=O)COc1ccc(Cl)cc1. The first-order chi connectivity index (χ1) is 13.1. The highest BCUT2D eigenvalue weighted by Crippen LogP contribution is 2.18. The Labute approximate surface area is 169 Å². The maximum Gasteiger partial charge on any atom is 0.261 e. The van der Waals surface area contributed by atoms with Gasteiger partial charge < -0.3 is 9.64 Å². The summed E-state index contributed by atoms with van der Waals surface area (Å²) < 4.78 is 5.68. The number of benzene rings is 2. The van der Waals surface area contributed by atoms with Crippen LogP contribution in [0.5, 0.6) is 5.75 Å². The van der Waals surface area contributed by atoms with Gasteiger partial charge in [0.1, 0.15) is 5.75 Å². The van der Waals surface area contributed by atoms with Gasteiger partial charge in [0.05, 0.1) is 0 Å². The van der Waals surface area contributed by atoms with Crippen LogP contribution in [-0.2, 0) is 17.8 Å². The van der Waals surface area contributed by atoms with Crippen molar-refractivity contribution in [3.63, 3.8) is 0 Å². The van der Waals surface area contributed by atoms with Gasteiger partial charge in [-0.3, -0.25) is 4.79 Å². The van der Waals surface area contributed by atoms with E-state index >= 15 is 0 Å². The molecule has 3 rings (SSSR count). The number of halogens is 1. The second kappa shape index (κ2) is 9.58. The molecule has 1 atom stereocenters. The first kappa shape index (κ1) is 19.5. The molecule has 0 saturated carbocycles. The molecule has 0 aliphatic rings. The minimum absolute atomic E-state index is 0.00322. The predicted octanol–water partition coefficient (Wildman–Crippen LogP) is 5.44. The zero-order valence-corrected chi connectivity index (χ0v) is 16.7. The van der Waals surface area contributed by atoms with Gasteiger partial charge in [-0.15, -0.1) is 11.3 Å². The van der Waals surface area contributed by atoms with Crippen LogP contribution in [0.25, 0.3) is 0 Å². The second-order valence-corrected chi connectivity index (χ2v) is 7.85. The predicted molar refractivity (Wildman–Crippen MR) is 111 cm³/mol. The molecule has 3 aromatic rings. The van der Waals surface area contributed by atoms with Gasteiger partial charge in [-0.2, -0.15) is 0 Å². The number of carbonyl (C=O) groups is 1. The van der Waals surface area contributed by atoms with E-state index in [1.54, 1.807) is 35.6 Å². The summed E-state index contributed by atoms with van der Waals surface area (Å²) in [5.74, 6) is 0.608. The molecular weight excluding hydrogens is 378 g/mol. The number of carbonyl (C=O) groups excluding carboxylic acids is 1. The minimum atomic E-state index is -0.0298. The quantitative estimate of drug-likeness (QED) is 0.504. The molecule has 1 heterocycles. The number of rotatable bonds is 8. The lowest BCUT2D eigenvalue weighted by atomic mass is 10.1. The van der Waals surface area contributed by atoms with Crippen LogP contribution in [0.1, 0.15) is 17.4 Å². The van der Waals surface area contributed by atoms with Gasteiger partial charge in [0.15, 0.2) is 6.61 Å². The van der Waals surface area contributed by atoms with Crippen molar-refractivity contribution in [2.75, 3.05) is 6.61 Å². The van der Waals surface area contributed by atoms with Gasteiger partial charge >= 0.3 is 0 Å². The third kappa shape index (κ3) is 5.84. The summed E-state index contributed by atoms with van der Waals surface area (Å²) in [5, 5.41) is 2.71. The van der Waals surface area contributed by atoms with Crippen LogP contribution in [0.2, 0.25) is 5.02 Å². The van der Waals surface area contributed by atoms with E-state index < -0.39 is 0 Å². The molecule has 2 aromatic carbocycles. The van der Waals surface area contributed by atoms with Crippen molar-refractivity contribution in [3.05, 3.63) is 87.6 Å². The van der Waals surface area contributed by atoms with Gasteiger partial charge in [0.25, 0.3) is 5.91 Å². The Morgan fingerprint density at radius 1 is 1.07 bits per heavy atom. The molecule has 0 bridgehead atoms. The van der Waals surface area contributed by atoms with E-state index in [1.165, 1.54) is 4.88 Å². The first-order valence-corrected chi connectivity index (χ1v) is 10.1. The van der Waals surface area contributed by atoms with Crippen LogP contribution >= 0.6 is 22.9 Å². The van der Waals surface area contributed by atoms with E-state index in [2.05, 4.69) is 18.4 Å². The van der Waals surface area contributed by atoms with Crippen molar-refractivity contribution in [2.45, 2.75) is 25.9 Å². The zero-order chi connectivity index (χ0) is 19.1. The van der Waals surface area contributed by atoms with E-state index in [1.807, 2.05) is 41.3 Å². The first-order valence-electron chi connectivity index (χ1n) is 8.86. The molecule has 0 saturated heterocycles. The number of hydrogen-bond acceptors (Lipinski definition) is 3. The largest absolute Gasteiger partial charge is 0.484 e. The molecule has 0 fully saturated rings. The minimum Gasteiger partial charge on any atom is -0.484 e. The number of amides is 1. The Bertz CT molecular complexity index is 835. The summed E-state index contributed by atoms with van der Waals surface area (Å²) in [6.45, 7) is 2.66. The second-order valence-electron chi connectivity index (χ2n) is 6.38. The fraction of sp³-hybridized carbons (Fsp3) is 0.227. The average Bonchev–Trinajstić information content (AvgIpc) is 3.19. The van der Waals surface area contributed by atoms with Crippen LogP contribution in [0, 0.1) is 0 Å². The Balaban J connectivity index is 1.69. The van der Waals surface area contributed by atoms with Gasteiger partial charge in [0, 0.05) is 28.9 Å². The molecule has 3 nitrogen and oxygen atoms in total. The molecule has 0 aliphatic heterocycles.